The minimum atomic E-state index is -0.829. The van der Waals surface area contributed by atoms with E-state index in [0.717, 1.165) is 21.2 Å². The molecule has 0 spiro atoms. The molecule has 0 aliphatic heterocycles. The molecule has 1 aromatic carbocycles. The first-order valence-electron chi connectivity index (χ1n) is 5.43. The Kier molecular flexibility index (Phi) is 3.34. The number of hydrogen-bond acceptors (Lipinski definition) is 2. The van der Waals surface area contributed by atoms with Crippen LogP contribution in [0, 0.1) is 26.6 Å². The first kappa shape index (κ1) is 13.0. The maximum Gasteiger partial charge on any atom is 0.287 e. The molecule has 0 atom stereocenters. The van der Waals surface area contributed by atoms with Crippen LogP contribution in [-0.4, -0.2) is 9.97 Å². The van der Waals surface area contributed by atoms with Gasteiger partial charge in [0.2, 0.25) is 5.82 Å². The summed E-state index contributed by atoms with van der Waals surface area (Å²) in [5.74, 6) is -0.443. The van der Waals surface area contributed by atoms with E-state index in [-0.39, 0.29) is 5.69 Å². The molecule has 2 rings (SSSR count). The zero-order chi connectivity index (χ0) is 13.4. The van der Waals surface area contributed by atoms with E-state index in [1.54, 1.807) is 0 Å². The molecule has 3 nitrogen and oxygen atoms in total. The van der Waals surface area contributed by atoms with Gasteiger partial charge in [-0.3, -0.25) is 4.79 Å². The quantitative estimate of drug-likeness (QED) is 0.878. The van der Waals surface area contributed by atoms with E-state index < -0.39 is 11.4 Å². The van der Waals surface area contributed by atoms with Gasteiger partial charge in [0.1, 0.15) is 5.82 Å². The summed E-state index contributed by atoms with van der Waals surface area (Å²) in [5.41, 5.74) is 2.21. The third kappa shape index (κ3) is 2.22. The van der Waals surface area contributed by atoms with Crippen molar-refractivity contribution in [3.05, 3.63) is 49.6 Å². The highest BCUT2D eigenvalue weighted by Gasteiger charge is 2.10. The van der Waals surface area contributed by atoms with Crippen molar-refractivity contribution in [2.75, 3.05) is 0 Å². The monoisotopic (exact) mass is 310 g/mol. The maximum atomic E-state index is 13.2. The van der Waals surface area contributed by atoms with Crippen molar-refractivity contribution in [3.8, 4) is 11.4 Å². The Balaban J connectivity index is 2.66. The third-order valence-corrected chi connectivity index (χ3v) is 3.99. The zero-order valence-corrected chi connectivity index (χ0v) is 11.9. The summed E-state index contributed by atoms with van der Waals surface area (Å²) in [4.78, 5) is 17.9. The molecule has 5 heteroatoms. The van der Waals surface area contributed by atoms with Crippen molar-refractivity contribution >= 4 is 15.9 Å². The molecule has 1 aromatic heterocycles. The SMILES string of the molecule is Cc1cc(-c2nc(C)c(F)c(=O)[nH]2)cc(C)c1Br. The number of aryl methyl sites for hydroxylation is 3. The molecule has 0 unspecified atom stereocenters. The molecular formula is C13H12BrFN2O. The van der Waals surface area contributed by atoms with Gasteiger partial charge in [0.05, 0.1) is 5.69 Å². The van der Waals surface area contributed by atoms with E-state index in [2.05, 4.69) is 25.9 Å². The number of aromatic nitrogens is 2. The van der Waals surface area contributed by atoms with Gasteiger partial charge >= 0.3 is 0 Å². The second-order valence-corrected chi connectivity index (χ2v) is 5.03. The molecule has 2 aromatic rings. The second kappa shape index (κ2) is 4.65. The molecule has 0 saturated heterocycles. The molecule has 0 aliphatic carbocycles. The lowest BCUT2D eigenvalue weighted by molar-refractivity contribution is 0.589. The van der Waals surface area contributed by atoms with Gasteiger partial charge in [-0.15, -0.1) is 0 Å². The van der Waals surface area contributed by atoms with Gasteiger partial charge < -0.3 is 4.98 Å². The number of halogens is 2. The minimum absolute atomic E-state index is 0.104. The van der Waals surface area contributed by atoms with Gasteiger partial charge in [-0.2, -0.15) is 4.39 Å². The number of rotatable bonds is 1. The van der Waals surface area contributed by atoms with E-state index >= 15 is 0 Å². The average molecular weight is 311 g/mol. The third-order valence-electron chi connectivity index (χ3n) is 2.74. The van der Waals surface area contributed by atoms with Crippen molar-refractivity contribution in [3.63, 3.8) is 0 Å². The average Bonchev–Trinajstić information content (AvgIpc) is 2.31. The van der Waals surface area contributed by atoms with E-state index in [9.17, 15) is 9.18 Å². The van der Waals surface area contributed by atoms with Crippen LogP contribution in [0.25, 0.3) is 11.4 Å². The second-order valence-electron chi connectivity index (χ2n) is 4.24. The first-order valence-corrected chi connectivity index (χ1v) is 6.23. The van der Waals surface area contributed by atoms with E-state index in [1.165, 1.54) is 6.92 Å². The Hall–Kier alpha value is -1.49. The molecule has 1 heterocycles. The molecule has 94 valence electrons. The van der Waals surface area contributed by atoms with Crippen LogP contribution in [0.1, 0.15) is 16.8 Å². The minimum Gasteiger partial charge on any atom is -0.304 e. The Morgan fingerprint density at radius 3 is 2.28 bits per heavy atom. The summed E-state index contributed by atoms with van der Waals surface area (Å²) in [6, 6.07) is 3.79. The summed E-state index contributed by atoms with van der Waals surface area (Å²) in [6.07, 6.45) is 0. The lowest BCUT2D eigenvalue weighted by Crippen LogP contribution is -2.15. The fourth-order valence-electron chi connectivity index (χ4n) is 1.79. The van der Waals surface area contributed by atoms with Gasteiger partial charge in [0.25, 0.3) is 5.56 Å². The van der Waals surface area contributed by atoms with Gasteiger partial charge in [-0.1, -0.05) is 15.9 Å². The van der Waals surface area contributed by atoms with Crippen LogP contribution < -0.4 is 5.56 Å². The van der Waals surface area contributed by atoms with Gasteiger partial charge in [0, 0.05) is 10.0 Å². The molecule has 0 radical (unpaired) electrons. The van der Waals surface area contributed by atoms with Crippen LogP contribution in [-0.2, 0) is 0 Å². The predicted molar refractivity (Wildman–Crippen MR) is 72.2 cm³/mol. The summed E-state index contributed by atoms with van der Waals surface area (Å²) in [7, 11) is 0. The number of nitrogens with one attached hydrogen (secondary N) is 1. The largest absolute Gasteiger partial charge is 0.304 e. The lowest BCUT2D eigenvalue weighted by Gasteiger charge is -2.08. The Labute approximate surface area is 112 Å². The fourth-order valence-corrected chi connectivity index (χ4v) is 2.02. The van der Waals surface area contributed by atoms with Crippen molar-refractivity contribution in [2.24, 2.45) is 0 Å². The number of H-pyrrole nitrogens is 1. The number of hydrogen-bond donors (Lipinski definition) is 1. The van der Waals surface area contributed by atoms with Gasteiger partial charge in [0.15, 0.2) is 0 Å². The van der Waals surface area contributed by atoms with Crippen molar-refractivity contribution < 1.29 is 4.39 Å². The Morgan fingerprint density at radius 2 is 1.78 bits per heavy atom. The zero-order valence-electron chi connectivity index (χ0n) is 10.3. The highest BCUT2D eigenvalue weighted by atomic mass is 79.9. The summed E-state index contributed by atoms with van der Waals surface area (Å²) in [5, 5.41) is 0. The van der Waals surface area contributed by atoms with Crippen LogP contribution in [0.15, 0.2) is 21.4 Å². The summed E-state index contributed by atoms with van der Waals surface area (Å²) < 4.78 is 14.3. The molecule has 0 bridgehead atoms. The number of benzene rings is 1. The topological polar surface area (TPSA) is 45.8 Å². The number of nitrogens with zero attached hydrogens (tertiary/aromatic N) is 1. The van der Waals surface area contributed by atoms with Gasteiger partial charge in [-0.25, -0.2) is 4.98 Å². The van der Waals surface area contributed by atoms with E-state index in [4.69, 9.17) is 0 Å². The molecule has 0 saturated carbocycles. The van der Waals surface area contributed by atoms with Gasteiger partial charge in [-0.05, 0) is 44.0 Å². The van der Waals surface area contributed by atoms with Crippen LogP contribution >= 0.6 is 15.9 Å². The highest BCUT2D eigenvalue weighted by Crippen LogP contribution is 2.26. The highest BCUT2D eigenvalue weighted by molar-refractivity contribution is 9.10. The van der Waals surface area contributed by atoms with E-state index in [1.807, 2.05) is 26.0 Å². The van der Waals surface area contributed by atoms with Crippen LogP contribution in [0.4, 0.5) is 4.39 Å². The molecule has 0 amide bonds. The lowest BCUT2D eigenvalue weighted by atomic mass is 10.1. The standard InChI is InChI=1S/C13H12BrFN2O/c1-6-4-9(5-7(2)10(6)14)12-16-8(3)11(15)13(18)17-12/h4-5H,1-3H3,(H,16,17,18). The maximum absolute atomic E-state index is 13.2. The molecule has 0 aliphatic rings. The Bertz CT molecular complexity index is 656. The number of aromatic amines is 1. The van der Waals surface area contributed by atoms with Crippen molar-refractivity contribution in [1.29, 1.82) is 0 Å². The summed E-state index contributed by atoms with van der Waals surface area (Å²) in [6.45, 7) is 5.39. The first-order chi connectivity index (χ1) is 8.40. The van der Waals surface area contributed by atoms with E-state index in [0.29, 0.717) is 5.82 Å². The summed E-state index contributed by atoms with van der Waals surface area (Å²) >= 11 is 3.47. The molecule has 1 N–H and O–H groups in total. The molecule has 0 fully saturated rings. The van der Waals surface area contributed by atoms with Crippen molar-refractivity contribution in [1.82, 2.24) is 9.97 Å². The molecule has 18 heavy (non-hydrogen) atoms. The predicted octanol–water partition coefficient (Wildman–Crippen LogP) is 3.26. The van der Waals surface area contributed by atoms with Crippen LogP contribution in [0.3, 0.4) is 0 Å². The Morgan fingerprint density at radius 1 is 1.22 bits per heavy atom. The fraction of sp³-hybridized carbons (Fsp3) is 0.231. The normalized spacial score (nSPS) is 10.7. The van der Waals surface area contributed by atoms with Crippen LogP contribution in [0.5, 0.6) is 0 Å². The smallest absolute Gasteiger partial charge is 0.287 e. The van der Waals surface area contributed by atoms with Crippen molar-refractivity contribution in [2.45, 2.75) is 20.8 Å². The molecular weight excluding hydrogens is 299 g/mol. The van der Waals surface area contributed by atoms with Crippen LogP contribution in [0.2, 0.25) is 0 Å².